The molecule has 0 saturated heterocycles. The van der Waals surface area contributed by atoms with Crippen LogP contribution < -0.4 is 0 Å². The van der Waals surface area contributed by atoms with Gasteiger partial charge in [-0.3, -0.25) is 0 Å². The van der Waals surface area contributed by atoms with Crippen LogP contribution in [0, 0.1) is 5.92 Å². The highest BCUT2D eigenvalue weighted by atomic mass is 32.2. The molecule has 1 atom stereocenters. The number of sulfone groups is 1. The lowest BCUT2D eigenvalue weighted by Crippen LogP contribution is -2.35. The van der Waals surface area contributed by atoms with Gasteiger partial charge in [-0.1, -0.05) is 32.0 Å². The Morgan fingerprint density at radius 3 is 2.67 bits per heavy atom. The fourth-order valence-corrected chi connectivity index (χ4v) is 4.16. The molecule has 0 aromatic heterocycles. The van der Waals surface area contributed by atoms with Gasteiger partial charge in [-0.2, -0.15) is 0 Å². The summed E-state index contributed by atoms with van der Waals surface area (Å²) < 4.78 is 24.0. The van der Waals surface area contributed by atoms with Gasteiger partial charge in [-0.25, -0.2) is 8.42 Å². The Kier molecular flexibility index (Phi) is 3.52. The average Bonchev–Trinajstić information content (AvgIpc) is 2.33. The van der Waals surface area contributed by atoms with E-state index in [1.54, 1.807) is 24.3 Å². The molecule has 1 unspecified atom stereocenters. The smallest absolute Gasteiger partial charge is 0.178 e. The lowest BCUT2D eigenvalue weighted by molar-refractivity contribution is 0.0140. The van der Waals surface area contributed by atoms with Gasteiger partial charge in [-0.05, 0) is 31.2 Å². The first-order chi connectivity index (χ1) is 8.35. The molecule has 1 aliphatic rings. The Balaban J connectivity index is 2.42. The van der Waals surface area contributed by atoms with Crippen molar-refractivity contribution in [1.82, 2.24) is 0 Å². The van der Waals surface area contributed by atoms with Crippen LogP contribution >= 0.6 is 0 Å². The first kappa shape index (κ1) is 13.6. The van der Waals surface area contributed by atoms with Crippen molar-refractivity contribution < 1.29 is 13.5 Å². The van der Waals surface area contributed by atoms with Crippen LogP contribution in [0.4, 0.5) is 0 Å². The quantitative estimate of drug-likeness (QED) is 0.916. The van der Waals surface area contributed by atoms with Crippen molar-refractivity contribution in [1.29, 1.82) is 0 Å². The minimum Gasteiger partial charge on any atom is -0.385 e. The third-order valence-corrected chi connectivity index (χ3v) is 5.41. The van der Waals surface area contributed by atoms with Gasteiger partial charge in [0.05, 0.1) is 16.2 Å². The summed E-state index contributed by atoms with van der Waals surface area (Å²) in [5.41, 5.74) is -0.400. The highest BCUT2D eigenvalue weighted by Crippen LogP contribution is 2.40. The molecule has 0 amide bonds. The molecule has 1 N–H and O–H groups in total. The second-order valence-corrected chi connectivity index (χ2v) is 7.61. The van der Waals surface area contributed by atoms with Crippen molar-refractivity contribution in [2.45, 2.75) is 43.6 Å². The summed E-state index contributed by atoms with van der Waals surface area (Å²) in [4.78, 5) is 0.308. The maximum absolute atomic E-state index is 12.0. The Labute approximate surface area is 109 Å². The molecule has 2 rings (SSSR count). The molecule has 0 fully saturated rings. The van der Waals surface area contributed by atoms with Crippen molar-refractivity contribution in [3.63, 3.8) is 0 Å². The first-order valence-corrected chi connectivity index (χ1v) is 8.05. The van der Waals surface area contributed by atoms with E-state index in [-0.39, 0.29) is 5.75 Å². The first-order valence-electron chi connectivity index (χ1n) is 6.40. The molecule has 0 bridgehead atoms. The standard InChI is InChI=1S/C14H20O3S/c1-11(2)7-8-14(15)9-10-18(16,17)13-6-4-3-5-12(13)14/h3-6,11,15H,7-10H2,1-2H3. The molecule has 1 aromatic carbocycles. The maximum Gasteiger partial charge on any atom is 0.178 e. The van der Waals surface area contributed by atoms with Crippen LogP contribution in [0.3, 0.4) is 0 Å². The van der Waals surface area contributed by atoms with Crippen LogP contribution in [0.1, 0.15) is 38.7 Å². The zero-order valence-electron chi connectivity index (χ0n) is 10.9. The third-order valence-electron chi connectivity index (χ3n) is 3.64. The number of rotatable bonds is 3. The second-order valence-electron chi connectivity index (χ2n) is 5.53. The van der Waals surface area contributed by atoms with Gasteiger partial charge >= 0.3 is 0 Å². The van der Waals surface area contributed by atoms with E-state index in [1.165, 1.54) is 0 Å². The van der Waals surface area contributed by atoms with Gasteiger partial charge in [0.15, 0.2) is 9.84 Å². The van der Waals surface area contributed by atoms with Crippen LogP contribution in [-0.2, 0) is 15.4 Å². The van der Waals surface area contributed by atoms with Gasteiger partial charge < -0.3 is 5.11 Å². The molecule has 0 aliphatic carbocycles. The van der Waals surface area contributed by atoms with E-state index >= 15 is 0 Å². The summed E-state index contributed by atoms with van der Waals surface area (Å²) in [6.07, 6.45) is 1.82. The van der Waals surface area contributed by atoms with Gasteiger partial charge in [-0.15, -0.1) is 0 Å². The van der Waals surface area contributed by atoms with E-state index in [9.17, 15) is 13.5 Å². The number of hydrogen-bond acceptors (Lipinski definition) is 3. The van der Waals surface area contributed by atoms with Crippen molar-refractivity contribution in [2.24, 2.45) is 5.92 Å². The van der Waals surface area contributed by atoms with E-state index in [1.807, 2.05) is 0 Å². The summed E-state index contributed by atoms with van der Waals surface area (Å²) >= 11 is 0. The number of fused-ring (bicyclic) bond motifs is 1. The van der Waals surface area contributed by atoms with Crippen LogP contribution in [-0.4, -0.2) is 19.3 Å². The molecule has 0 radical (unpaired) electrons. The number of hydrogen-bond donors (Lipinski definition) is 1. The summed E-state index contributed by atoms with van der Waals surface area (Å²) in [5.74, 6) is 0.540. The fourth-order valence-electron chi connectivity index (χ4n) is 2.46. The molecule has 1 heterocycles. The molecule has 100 valence electrons. The zero-order chi connectivity index (χ0) is 13.4. The summed E-state index contributed by atoms with van der Waals surface area (Å²) in [6.45, 7) is 4.21. The molecule has 1 aromatic rings. The molecular weight excluding hydrogens is 248 g/mol. The normalized spacial score (nSPS) is 26.0. The van der Waals surface area contributed by atoms with E-state index in [0.717, 1.165) is 6.42 Å². The Bertz CT molecular complexity index is 534. The van der Waals surface area contributed by atoms with Crippen LogP contribution in [0.2, 0.25) is 0 Å². The molecule has 4 heteroatoms. The molecular formula is C14H20O3S. The van der Waals surface area contributed by atoms with Crippen molar-refractivity contribution in [3.05, 3.63) is 29.8 Å². The Morgan fingerprint density at radius 2 is 2.00 bits per heavy atom. The van der Waals surface area contributed by atoms with Gasteiger partial charge in [0.2, 0.25) is 0 Å². The average molecular weight is 268 g/mol. The van der Waals surface area contributed by atoms with Crippen molar-refractivity contribution in [2.75, 3.05) is 5.75 Å². The lowest BCUT2D eigenvalue weighted by Gasteiger charge is -2.34. The molecule has 1 aliphatic heterocycles. The van der Waals surface area contributed by atoms with Crippen LogP contribution in [0.25, 0.3) is 0 Å². The largest absolute Gasteiger partial charge is 0.385 e. The topological polar surface area (TPSA) is 54.4 Å². The van der Waals surface area contributed by atoms with Gasteiger partial charge in [0, 0.05) is 5.56 Å². The highest BCUT2D eigenvalue weighted by molar-refractivity contribution is 7.91. The van der Waals surface area contributed by atoms with Crippen LogP contribution in [0.15, 0.2) is 29.2 Å². The number of aliphatic hydroxyl groups is 1. The lowest BCUT2D eigenvalue weighted by atomic mass is 9.84. The van der Waals surface area contributed by atoms with E-state index in [0.29, 0.717) is 29.2 Å². The van der Waals surface area contributed by atoms with Crippen molar-refractivity contribution in [3.8, 4) is 0 Å². The monoisotopic (exact) mass is 268 g/mol. The highest BCUT2D eigenvalue weighted by Gasteiger charge is 2.39. The molecule has 3 nitrogen and oxygen atoms in total. The van der Waals surface area contributed by atoms with E-state index < -0.39 is 15.4 Å². The van der Waals surface area contributed by atoms with E-state index in [4.69, 9.17) is 0 Å². The Hall–Kier alpha value is -0.870. The maximum atomic E-state index is 12.0. The fraction of sp³-hybridized carbons (Fsp3) is 0.571. The molecule has 18 heavy (non-hydrogen) atoms. The van der Waals surface area contributed by atoms with Crippen molar-refractivity contribution >= 4 is 9.84 Å². The second kappa shape index (κ2) is 4.67. The summed E-state index contributed by atoms with van der Waals surface area (Å²) in [7, 11) is -3.21. The molecule has 0 saturated carbocycles. The molecule has 0 spiro atoms. The third kappa shape index (κ3) is 2.45. The predicted molar refractivity (Wildman–Crippen MR) is 71.1 cm³/mol. The van der Waals surface area contributed by atoms with E-state index in [2.05, 4.69) is 13.8 Å². The predicted octanol–water partition coefficient (Wildman–Crippen LogP) is 2.49. The Morgan fingerprint density at radius 1 is 1.33 bits per heavy atom. The van der Waals surface area contributed by atoms with Gasteiger partial charge in [0.25, 0.3) is 0 Å². The minimum absolute atomic E-state index is 0.0403. The van der Waals surface area contributed by atoms with Gasteiger partial charge in [0.1, 0.15) is 0 Å². The SMILES string of the molecule is CC(C)CCC1(O)CCS(=O)(=O)c2ccccc21. The minimum atomic E-state index is -3.21. The summed E-state index contributed by atoms with van der Waals surface area (Å²) in [6, 6.07) is 6.85. The number of benzene rings is 1. The van der Waals surface area contributed by atoms with Crippen LogP contribution in [0.5, 0.6) is 0 Å². The zero-order valence-corrected chi connectivity index (χ0v) is 11.7. The summed E-state index contributed by atoms with van der Waals surface area (Å²) in [5, 5.41) is 10.7.